The molecular formula is C21H23N5O2. The SMILES string of the molecule is COC(=O)c1c(CN2CCN(c3ncccn3)CC2)nc2ccccc2c1C. The molecule has 1 aromatic carbocycles. The van der Waals surface area contributed by atoms with E-state index in [4.69, 9.17) is 9.72 Å². The van der Waals surface area contributed by atoms with E-state index in [0.29, 0.717) is 12.1 Å². The molecule has 2 aromatic heterocycles. The number of carbonyl (C=O) groups is 1. The molecule has 0 atom stereocenters. The van der Waals surface area contributed by atoms with Gasteiger partial charge in [-0.1, -0.05) is 18.2 Å². The largest absolute Gasteiger partial charge is 0.465 e. The maximum atomic E-state index is 12.5. The minimum Gasteiger partial charge on any atom is -0.465 e. The van der Waals surface area contributed by atoms with Gasteiger partial charge in [-0.05, 0) is 24.6 Å². The van der Waals surface area contributed by atoms with Gasteiger partial charge in [0.05, 0.1) is 23.9 Å². The van der Waals surface area contributed by atoms with Crippen LogP contribution >= 0.6 is 0 Å². The molecule has 1 aliphatic rings. The molecule has 3 heterocycles. The number of hydrogen-bond donors (Lipinski definition) is 0. The van der Waals surface area contributed by atoms with Crippen LogP contribution in [0.3, 0.4) is 0 Å². The maximum Gasteiger partial charge on any atom is 0.340 e. The lowest BCUT2D eigenvalue weighted by molar-refractivity contribution is 0.0596. The Labute approximate surface area is 164 Å². The van der Waals surface area contributed by atoms with Gasteiger partial charge in [0.1, 0.15) is 0 Å². The van der Waals surface area contributed by atoms with Crippen molar-refractivity contribution in [2.24, 2.45) is 0 Å². The number of esters is 1. The molecule has 3 aromatic rings. The quantitative estimate of drug-likeness (QED) is 0.647. The molecule has 0 amide bonds. The van der Waals surface area contributed by atoms with Crippen molar-refractivity contribution in [3.05, 3.63) is 59.5 Å². The second kappa shape index (κ2) is 7.90. The summed E-state index contributed by atoms with van der Waals surface area (Å²) in [5.74, 6) is 0.430. The number of pyridine rings is 1. The van der Waals surface area contributed by atoms with Gasteiger partial charge in [0.25, 0.3) is 0 Å². The molecule has 4 rings (SSSR count). The first-order chi connectivity index (χ1) is 13.7. The van der Waals surface area contributed by atoms with Crippen LogP contribution in [0.5, 0.6) is 0 Å². The number of carbonyl (C=O) groups excluding carboxylic acids is 1. The number of ether oxygens (including phenoxy) is 1. The van der Waals surface area contributed by atoms with E-state index in [9.17, 15) is 4.79 Å². The predicted octanol–water partition coefficient (Wildman–Crippen LogP) is 2.44. The van der Waals surface area contributed by atoms with Crippen LogP contribution in [-0.4, -0.2) is 59.1 Å². The van der Waals surface area contributed by atoms with Crippen molar-refractivity contribution in [2.75, 3.05) is 38.2 Å². The lowest BCUT2D eigenvalue weighted by atomic mass is 10.0. The first-order valence-corrected chi connectivity index (χ1v) is 9.38. The van der Waals surface area contributed by atoms with Gasteiger partial charge in [0.2, 0.25) is 5.95 Å². The summed E-state index contributed by atoms with van der Waals surface area (Å²) in [5, 5.41) is 0.984. The minimum atomic E-state index is -0.331. The molecule has 28 heavy (non-hydrogen) atoms. The highest BCUT2D eigenvalue weighted by molar-refractivity contribution is 5.98. The van der Waals surface area contributed by atoms with Crippen molar-refractivity contribution in [1.82, 2.24) is 19.9 Å². The molecule has 0 radical (unpaired) electrons. The molecule has 0 bridgehead atoms. The van der Waals surface area contributed by atoms with Crippen molar-refractivity contribution in [3.63, 3.8) is 0 Å². The van der Waals surface area contributed by atoms with Gasteiger partial charge in [-0.25, -0.2) is 14.8 Å². The minimum absolute atomic E-state index is 0.331. The Hall–Kier alpha value is -3.06. The number of nitrogens with zero attached hydrogens (tertiary/aromatic N) is 5. The van der Waals surface area contributed by atoms with Crippen LogP contribution in [0.4, 0.5) is 5.95 Å². The van der Waals surface area contributed by atoms with Crippen LogP contribution in [0.2, 0.25) is 0 Å². The van der Waals surface area contributed by atoms with Crippen LogP contribution in [0.25, 0.3) is 10.9 Å². The molecule has 1 saturated heterocycles. The summed E-state index contributed by atoms with van der Waals surface area (Å²) in [6.45, 7) is 5.96. The zero-order chi connectivity index (χ0) is 19.5. The zero-order valence-electron chi connectivity index (χ0n) is 16.1. The first kappa shape index (κ1) is 18.3. The smallest absolute Gasteiger partial charge is 0.340 e. The summed E-state index contributed by atoms with van der Waals surface area (Å²) in [7, 11) is 1.42. The fourth-order valence-electron chi connectivity index (χ4n) is 3.70. The Morgan fingerprint density at radius 2 is 1.79 bits per heavy atom. The van der Waals surface area contributed by atoms with E-state index in [1.54, 1.807) is 12.4 Å². The van der Waals surface area contributed by atoms with Crippen LogP contribution in [0.1, 0.15) is 21.6 Å². The van der Waals surface area contributed by atoms with Crippen LogP contribution in [0, 0.1) is 6.92 Å². The molecular weight excluding hydrogens is 354 g/mol. The van der Waals surface area contributed by atoms with E-state index in [-0.39, 0.29) is 5.97 Å². The molecule has 144 valence electrons. The Morgan fingerprint density at radius 1 is 1.07 bits per heavy atom. The van der Waals surface area contributed by atoms with Crippen LogP contribution in [-0.2, 0) is 11.3 Å². The summed E-state index contributed by atoms with van der Waals surface area (Å²) in [4.78, 5) is 30.4. The van der Waals surface area contributed by atoms with Crippen molar-refractivity contribution in [2.45, 2.75) is 13.5 Å². The Bertz CT molecular complexity index is 985. The normalized spacial score (nSPS) is 15.0. The van der Waals surface area contributed by atoms with Gasteiger partial charge in [0, 0.05) is 50.5 Å². The Balaban J connectivity index is 1.57. The standard InChI is InChI=1S/C21H23N5O2/c1-15-16-6-3-4-7-17(16)24-18(19(15)20(27)28-2)14-25-10-12-26(13-11-25)21-22-8-5-9-23-21/h3-9H,10-14H2,1-2H3. The lowest BCUT2D eigenvalue weighted by Gasteiger charge is -2.34. The molecule has 0 spiro atoms. The number of methoxy groups -OCH3 is 1. The van der Waals surface area contributed by atoms with Gasteiger partial charge in [-0.15, -0.1) is 0 Å². The number of rotatable bonds is 4. The highest BCUT2D eigenvalue weighted by Gasteiger charge is 2.24. The number of benzene rings is 1. The number of aryl methyl sites for hydroxylation is 1. The highest BCUT2D eigenvalue weighted by atomic mass is 16.5. The van der Waals surface area contributed by atoms with E-state index in [1.807, 2.05) is 37.3 Å². The Kier molecular flexibility index (Phi) is 5.16. The summed E-state index contributed by atoms with van der Waals surface area (Å²) in [5.41, 5.74) is 3.17. The van der Waals surface area contributed by atoms with Gasteiger partial charge in [-0.2, -0.15) is 0 Å². The molecule has 0 aliphatic carbocycles. The van der Waals surface area contributed by atoms with E-state index in [2.05, 4.69) is 19.8 Å². The molecule has 0 N–H and O–H groups in total. The van der Waals surface area contributed by atoms with E-state index < -0.39 is 0 Å². The molecule has 1 aliphatic heterocycles. The highest BCUT2D eigenvalue weighted by Crippen LogP contribution is 2.25. The average molecular weight is 377 g/mol. The van der Waals surface area contributed by atoms with E-state index >= 15 is 0 Å². The number of para-hydroxylation sites is 1. The second-order valence-electron chi connectivity index (χ2n) is 6.88. The molecule has 1 fully saturated rings. The summed E-state index contributed by atoms with van der Waals surface area (Å²) in [6.07, 6.45) is 3.53. The zero-order valence-corrected chi connectivity index (χ0v) is 16.1. The third-order valence-electron chi connectivity index (χ3n) is 5.20. The number of piperazine rings is 1. The van der Waals surface area contributed by atoms with Crippen molar-refractivity contribution in [3.8, 4) is 0 Å². The monoisotopic (exact) mass is 377 g/mol. The number of aromatic nitrogens is 3. The summed E-state index contributed by atoms with van der Waals surface area (Å²) in [6, 6.07) is 9.73. The molecule has 7 nitrogen and oxygen atoms in total. The summed E-state index contributed by atoms with van der Waals surface area (Å²) >= 11 is 0. The third kappa shape index (κ3) is 3.53. The first-order valence-electron chi connectivity index (χ1n) is 9.38. The summed E-state index contributed by atoms with van der Waals surface area (Å²) < 4.78 is 5.05. The fraction of sp³-hybridized carbons (Fsp3) is 0.333. The van der Waals surface area contributed by atoms with Crippen LogP contribution < -0.4 is 4.90 Å². The van der Waals surface area contributed by atoms with E-state index in [1.165, 1.54) is 7.11 Å². The average Bonchev–Trinajstić information content (AvgIpc) is 2.75. The van der Waals surface area contributed by atoms with Crippen molar-refractivity contribution >= 4 is 22.8 Å². The number of hydrogen-bond acceptors (Lipinski definition) is 7. The molecule has 0 unspecified atom stereocenters. The topological polar surface area (TPSA) is 71.5 Å². The van der Waals surface area contributed by atoms with E-state index in [0.717, 1.165) is 54.3 Å². The second-order valence-corrected chi connectivity index (χ2v) is 6.88. The number of anilines is 1. The molecule has 7 heteroatoms. The van der Waals surface area contributed by atoms with Crippen molar-refractivity contribution < 1.29 is 9.53 Å². The lowest BCUT2D eigenvalue weighted by Crippen LogP contribution is -2.46. The predicted molar refractivity (Wildman–Crippen MR) is 107 cm³/mol. The Morgan fingerprint density at radius 3 is 2.50 bits per heavy atom. The maximum absolute atomic E-state index is 12.5. The van der Waals surface area contributed by atoms with Gasteiger partial charge in [-0.3, -0.25) is 9.88 Å². The number of fused-ring (bicyclic) bond motifs is 1. The van der Waals surface area contributed by atoms with Crippen LogP contribution in [0.15, 0.2) is 42.7 Å². The third-order valence-corrected chi connectivity index (χ3v) is 5.20. The van der Waals surface area contributed by atoms with Gasteiger partial charge >= 0.3 is 5.97 Å². The van der Waals surface area contributed by atoms with Gasteiger partial charge in [0.15, 0.2) is 0 Å². The van der Waals surface area contributed by atoms with Crippen molar-refractivity contribution in [1.29, 1.82) is 0 Å². The van der Waals surface area contributed by atoms with Gasteiger partial charge < -0.3 is 9.64 Å². The molecule has 0 saturated carbocycles. The fourth-order valence-corrected chi connectivity index (χ4v) is 3.70.